The maximum atomic E-state index is 5.59. The van der Waals surface area contributed by atoms with Gasteiger partial charge < -0.3 is 20.0 Å². The summed E-state index contributed by atoms with van der Waals surface area (Å²) in [6.07, 6.45) is 4.00. The Balaban J connectivity index is 0.00000280. The molecule has 0 aliphatic carbocycles. The number of likely N-dealkylation sites (tertiary alicyclic amines) is 1. The van der Waals surface area contributed by atoms with Crippen LogP contribution in [0.25, 0.3) is 11.5 Å². The summed E-state index contributed by atoms with van der Waals surface area (Å²) in [5.74, 6) is 2.20. The number of hydrogen-bond acceptors (Lipinski definition) is 4. The van der Waals surface area contributed by atoms with Gasteiger partial charge in [-0.3, -0.25) is 4.99 Å². The summed E-state index contributed by atoms with van der Waals surface area (Å²) < 4.78 is 5.59. The van der Waals surface area contributed by atoms with Gasteiger partial charge in [-0.2, -0.15) is 0 Å². The highest BCUT2D eigenvalue weighted by Gasteiger charge is 2.20. The second-order valence-corrected chi connectivity index (χ2v) is 7.55. The third-order valence-corrected chi connectivity index (χ3v) is 4.78. The zero-order chi connectivity index (χ0) is 19.1. The number of piperidine rings is 1. The topological polar surface area (TPSA) is 65.7 Å². The van der Waals surface area contributed by atoms with E-state index in [1.165, 1.54) is 6.54 Å². The minimum Gasteiger partial charge on any atom is -0.444 e. The molecule has 1 aliphatic rings. The van der Waals surface area contributed by atoms with Gasteiger partial charge in [0.2, 0.25) is 5.89 Å². The first-order valence-electron chi connectivity index (χ1n) is 9.83. The lowest BCUT2D eigenvalue weighted by Crippen LogP contribution is -2.49. The predicted octanol–water partition coefficient (Wildman–Crippen LogP) is 3.75. The molecular formula is C21H32IN5O. The van der Waals surface area contributed by atoms with Crippen LogP contribution in [0.2, 0.25) is 0 Å². The van der Waals surface area contributed by atoms with Crippen LogP contribution in [0, 0.1) is 5.92 Å². The number of hydrogen-bond donors (Lipinski definition) is 2. The largest absolute Gasteiger partial charge is 0.444 e. The Morgan fingerprint density at radius 1 is 1.25 bits per heavy atom. The van der Waals surface area contributed by atoms with Crippen LogP contribution in [0.5, 0.6) is 0 Å². The summed E-state index contributed by atoms with van der Waals surface area (Å²) in [5.41, 5.74) is 1.85. The predicted molar refractivity (Wildman–Crippen MR) is 125 cm³/mol. The van der Waals surface area contributed by atoms with Crippen molar-refractivity contribution in [3.63, 3.8) is 0 Å². The molecule has 7 heteroatoms. The Labute approximate surface area is 185 Å². The zero-order valence-electron chi connectivity index (χ0n) is 17.0. The van der Waals surface area contributed by atoms with Gasteiger partial charge in [-0.05, 0) is 30.9 Å². The number of benzene rings is 1. The van der Waals surface area contributed by atoms with Crippen molar-refractivity contribution >= 4 is 29.9 Å². The first-order chi connectivity index (χ1) is 13.1. The van der Waals surface area contributed by atoms with Gasteiger partial charge in [-0.25, -0.2) is 4.98 Å². The fraction of sp³-hybridized carbons (Fsp3) is 0.524. The van der Waals surface area contributed by atoms with Crippen molar-refractivity contribution in [3.8, 4) is 11.5 Å². The molecule has 0 spiro atoms. The molecule has 6 nitrogen and oxygen atoms in total. The molecule has 28 heavy (non-hydrogen) atoms. The highest BCUT2D eigenvalue weighted by Crippen LogP contribution is 2.17. The molecule has 1 aliphatic heterocycles. The molecule has 154 valence electrons. The molecule has 0 saturated carbocycles. The van der Waals surface area contributed by atoms with Crippen LogP contribution in [-0.2, 0) is 6.54 Å². The first-order valence-corrected chi connectivity index (χ1v) is 9.83. The van der Waals surface area contributed by atoms with Crippen molar-refractivity contribution in [2.45, 2.75) is 39.3 Å². The van der Waals surface area contributed by atoms with E-state index in [2.05, 4.69) is 39.4 Å². The summed E-state index contributed by atoms with van der Waals surface area (Å²) in [7, 11) is 1.81. The maximum Gasteiger partial charge on any atom is 0.226 e. The fourth-order valence-corrected chi connectivity index (χ4v) is 3.44. The van der Waals surface area contributed by atoms with Crippen molar-refractivity contribution in [1.82, 2.24) is 20.5 Å². The number of guanidine groups is 1. The number of aliphatic imine (C=N–C) groups is 1. The van der Waals surface area contributed by atoms with Crippen LogP contribution in [0.1, 0.15) is 32.4 Å². The number of nitrogens with one attached hydrogen (secondary N) is 2. The van der Waals surface area contributed by atoms with E-state index in [9.17, 15) is 0 Å². The fourth-order valence-electron chi connectivity index (χ4n) is 3.44. The third kappa shape index (κ3) is 6.77. The Morgan fingerprint density at radius 3 is 2.61 bits per heavy atom. The van der Waals surface area contributed by atoms with Crippen LogP contribution in [0.3, 0.4) is 0 Å². The summed E-state index contributed by atoms with van der Waals surface area (Å²) >= 11 is 0. The molecule has 0 radical (unpaired) electrons. The molecule has 2 heterocycles. The van der Waals surface area contributed by atoms with E-state index in [0.29, 0.717) is 18.5 Å². The molecule has 0 amide bonds. The number of oxazole rings is 1. The average molecular weight is 497 g/mol. The molecule has 3 rings (SSSR count). The summed E-state index contributed by atoms with van der Waals surface area (Å²) in [5, 5.41) is 6.89. The number of rotatable bonds is 6. The molecule has 2 aromatic rings. The van der Waals surface area contributed by atoms with E-state index in [1.54, 1.807) is 13.3 Å². The highest BCUT2D eigenvalue weighted by atomic mass is 127. The number of aromatic nitrogens is 1. The quantitative estimate of drug-likeness (QED) is 0.362. The van der Waals surface area contributed by atoms with Gasteiger partial charge in [-0.15, -0.1) is 24.0 Å². The summed E-state index contributed by atoms with van der Waals surface area (Å²) in [6, 6.07) is 10.4. The van der Waals surface area contributed by atoms with Crippen LogP contribution in [0.4, 0.5) is 0 Å². The lowest BCUT2D eigenvalue weighted by molar-refractivity contribution is 0.187. The second kappa shape index (κ2) is 11.4. The molecule has 2 N–H and O–H groups in total. The SMILES string of the molecule is CN=C(NCc1coc(-c2ccccc2)n1)NC1CCN(CC(C)C)CC1.I. The Hall–Kier alpha value is -1.61. The van der Waals surface area contributed by atoms with Crippen molar-refractivity contribution in [2.24, 2.45) is 10.9 Å². The van der Waals surface area contributed by atoms with Crippen LogP contribution in [0.15, 0.2) is 46.0 Å². The van der Waals surface area contributed by atoms with Gasteiger partial charge in [0.15, 0.2) is 5.96 Å². The molecular weight excluding hydrogens is 465 g/mol. The molecule has 0 unspecified atom stereocenters. The molecule has 1 fully saturated rings. The van der Waals surface area contributed by atoms with Crippen LogP contribution >= 0.6 is 24.0 Å². The van der Waals surface area contributed by atoms with Gasteiger partial charge in [0, 0.05) is 38.3 Å². The first kappa shape index (κ1) is 22.7. The number of nitrogens with zero attached hydrogens (tertiary/aromatic N) is 3. The normalized spacial score (nSPS) is 16.1. The van der Waals surface area contributed by atoms with Gasteiger partial charge in [0.1, 0.15) is 6.26 Å². The Bertz CT molecular complexity index is 723. The van der Waals surface area contributed by atoms with E-state index in [4.69, 9.17) is 4.42 Å². The van der Waals surface area contributed by atoms with E-state index in [0.717, 1.165) is 49.1 Å². The minimum atomic E-state index is 0. The molecule has 1 aromatic heterocycles. The summed E-state index contributed by atoms with van der Waals surface area (Å²) in [4.78, 5) is 11.5. The molecule has 1 aromatic carbocycles. The summed E-state index contributed by atoms with van der Waals surface area (Å²) in [6.45, 7) is 8.64. The van der Waals surface area contributed by atoms with Crippen molar-refractivity contribution in [2.75, 3.05) is 26.7 Å². The standard InChI is InChI=1S/C21H31N5O.HI/c1-16(2)14-26-11-9-18(10-12-26)25-21(22-3)23-13-19-15-27-20(24-19)17-7-5-4-6-8-17;/h4-8,15-16,18H,9-14H2,1-3H3,(H2,22,23,25);1H. The van der Waals surface area contributed by atoms with E-state index >= 15 is 0 Å². The Morgan fingerprint density at radius 2 is 1.96 bits per heavy atom. The van der Waals surface area contributed by atoms with Crippen molar-refractivity contribution in [3.05, 3.63) is 42.3 Å². The molecule has 0 bridgehead atoms. The second-order valence-electron chi connectivity index (χ2n) is 7.55. The average Bonchev–Trinajstić information content (AvgIpc) is 3.16. The number of halogens is 1. The van der Waals surface area contributed by atoms with Crippen molar-refractivity contribution < 1.29 is 4.42 Å². The monoisotopic (exact) mass is 497 g/mol. The smallest absolute Gasteiger partial charge is 0.226 e. The Kier molecular flexibility index (Phi) is 9.24. The van der Waals surface area contributed by atoms with E-state index in [-0.39, 0.29) is 24.0 Å². The lowest BCUT2D eigenvalue weighted by Gasteiger charge is -2.33. The van der Waals surface area contributed by atoms with Gasteiger partial charge >= 0.3 is 0 Å². The van der Waals surface area contributed by atoms with Crippen molar-refractivity contribution in [1.29, 1.82) is 0 Å². The van der Waals surface area contributed by atoms with Crippen LogP contribution in [-0.4, -0.2) is 48.6 Å². The van der Waals surface area contributed by atoms with E-state index < -0.39 is 0 Å². The zero-order valence-corrected chi connectivity index (χ0v) is 19.3. The maximum absolute atomic E-state index is 5.59. The highest BCUT2D eigenvalue weighted by molar-refractivity contribution is 14.0. The molecule has 1 saturated heterocycles. The third-order valence-electron chi connectivity index (χ3n) is 4.78. The lowest BCUT2D eigenvalue weighted by atomic mass is 10.0. The van der Waals surface area contributed by atoms with Gasteiger partial charge in [0.05, 0.1) is 12.2 Å². The minimum absolute atomic E-state index is 0. The van der Waals surface area contributed by atoms with Gasteiger partial charge in [-0.1, -0.05) is 32.0 Å². The van der Waals surface area contributed by atoms with Gasteiger partial charge in [0.25, 0.3) is 0 Å². The van der Waals surface area contributed by atoms with Crippen LogP contribution < -0.4 is 10.6 Å². The molecule has 0 atom stereocenters. The van der Waals surface area contributed by atoms with E-state index in [1.807, 2.05) is 30.3 Å².